The highest BCUT2D eigenvalue weighted by Crippen LogP contribution is 2.23. The van der Waals surface area contributed by atoms with Gasteiger partial charge in [0.1, 0.15) is 6.04 Å². The van der Waals surface area contributed by atoms with E-state index in [0.717, 1.165) is 16.3 Å². The third-order valence-corrected chi connectivity index (χ3v) is 5.98. The lowest BCUT2D eigenvalue weighted by atomic mass is 10.1. The highest BCUT2D eigenvalue weighted by atomic mass is 16.2. The fraction of sp³-hybridized carbons (Fsp3) is 0.355. The molecule has 0 aromatic heterocycles. The van der Waals surface area contributed by atoms with Gasteiger partial charge in [0.25, 0.3) is 0 Å². The first kappa shape index (κ1) is 29.4. The molecule has 39 heavy (non-hydrogen) atoms. The normalized spacial score (nSPS) is 12.7. The summed E-state index contributed by atoms with van der Waals surface area (Å²) in [6.07, 6.45) is 0.505. The first-order valence-corrected chi connectivity index (χ1v) is 13.2. The van der Waals surface area contributed by atoms with Gasteiger partial charge in [0.15, 0.2) is 0 Å². The highest BCUT2D eigenvalue weighted by molar-refractivity contribution is 6.02. The molecule has 0 saturated heterocycles. The Hall–Kier alpha value is -4.20. The Morgan fingerprint density at radius 1 is 0.744 bits per heavy atom. The largest absolute Gasteiger partial charge is 0.351 e. The maximum atomic E-state index is 13.1. The maximum absolute atomic E-state index is 13.1. The molecule has 1 unspecified atom stereocenters. The van der Waals surface area contributed by atoms with E-state index in [4.69, 9.17) is 0 Å². The van der Waals surface area contributed by atoms with Gasteiger partial charge in [0.05, 0.1) is 6.42 Å². The van der Waals surface area contributed by atoms with Gasteiger partial charge in [-0.2, -0.15) is 0 Å². The van der Waals surface area contributed by atoms with Crippen molar-refractivity contribution in [2.45, 2.75) is 71.0 Å². The molecule has 3 aromatic rings. The van der Waals surface area contributed by atoms with E-state index in [1.807, 2.05) is 93.6 Å². The molecule has 4 N–H and O–H groups in total. The summed E-state index contributed by atoms with van der Waals surface area (Å²) in [5.74, 6) is -1.46. The van der Waals surface area contributed by atoms with Gasteiger partial charge in [-0.05, 0) is 51.1 Å². The van der Waals surface area contributed by atoms with Crippen LogP contribution in [-0.4, -0.2) is 41.3 Å². The quantitative estimate of drug-likeness (QED) is 0.299. The van der Waals surface area contributed by atoms with Gasteiger partial charge in [0, 0.05) is 35.5 Å². The van der Waals surface area contributed by atoms with E-state index in [9.17, 15) is 19.2 Å². The number of aryl methyl sites for hydroxylation is 1. The van der Waals surface area contributed by atoms with Gasteiger partial charge in [0.2, 0.25) is 23.6 Å². The van der Waals surface area contributed by atoms with Crippen molar-refractivity contribution in [3.63, 3.8) is 0 Å². The SMILES string of the molecule is C[C@@H](CC(=O)Nc1cccc2ccccc12)NC(=O)C(CC(=O)NC(C)(C)C)NC(=O)CCc1ccccc1. The van der Waals surface area contributed by atoms with Gasteiger partial charge in [-0.25, -0.2) is 0 Å². The van der Waals surface area contributed by atoms with Crippen LogP contribution in [-0.2, 0) is 25.6 Å². The molecule has 0 bridgehead atoms. The number of nitrogens with one attached hydrogen (secondary N) is 4. The molecule has 0 heterocycles. The number of anilines is 1. The molecule has 8 heteroatoms. The molecule has 0 radical (unpaired) electrons. The fourth-order valence-corrected chi connectivity index (χ4v) is 4.24. The van der Waals surface area contributed by atoms with Gasteiger partial charge < -0.3 is 21.3 Å². The number of rotatable bonds is 11. The van der Waals surface area contributed by atoms with Crippen LogP contribution in [0.15, 0.2) is 72.8 Å². The number of hydrogen-bond donors (Lipinski definition) is 4. The lowest BCUT2D eigenvalue weighted by molar-refractivity contribution is -0.132. The summed E-state index contributed by atoms with van der Waals surface area (Å²) in [6.45, 7) is 7.24. The summed E-state index contributed by atoms with van der Waals surface area (Å²) in [5.41, 5.74) is 1.21. The van der Waals surface area contributed by atoms with Crippen LogP contribution >= 0.6 is 0 Å². The van der Waals surface area contributed by atoms with E-state index < -0.39 is 23.5 Å². The summed E-state index contributed by atoms with van der Waals surface area (Å²) in [7, 11) is 0. The molecule has 3 aromatic carbocycles. The van der Waals surface area contributed by atoms with Crippen molar-refractivity contribution in [3.8, 4) is 0 Å². The van der Waals surface area contributed by atoms with Crippen LogP contribution < -0.4 is 21.3 Å². The third kappa shape index (κ3) is 9.89. The Labute approximate surface area is 229 Å². The molecule has 0 aliphatic heterocycles. The van der Waals surface area contributed by atoms with E-state index in [1.165, 1.54) is 0 Å². The third-order valence-electron chi connectivity index (χ3n) is 5.98. The summed E-state index contributed by atoms with van der Waals surface area (Å²) in [6, 6.07) is 21.4. The molecular formula is C31H38N4O4. The highest BCUT2D eigenvalue weighted by Gasteiger charge is 2.27. The lowest BCUT2D eigenvalue weighted by Gasteiger charge is -2.24. The van der Waals surface area contributed by atoms with E-state index in [2.05, 4.69) is 21.3 Å². The molecule has 8 nitrogen and oxygen atoms in total. The van der Waals surface area contributed by atoms with Crippen LogP contribution in [0.4, 0.5) is 5.69 Å². The first-order chi connectivity index (χ1) is 18.5. The average Bonchev–Trinajstić information content (AvgIpc) is 2.86. The van der Waals surface area contributed by atoms with Gasteiger partial charge in [-0.1, -0.05) is 66.7 Å². The molecule has 0 aliphatic rings. The Bertz CT molecular complexity index is 1300. The molecule has 206 valence electrons. The summed E-state index contributed by atoms with van der Waals surface area (Å²) >= 11 is 0. The van der Waals surface area contributed by atoms with Crippen LogP contribution in [0, 0.1) is 0 Å². The van der Waals surface area contributed by atoms with Crippen molar-refractivity contribution < 1.29 is 19.2 Å². The van der Waals surface area contributed by atoms with E-state index in [0.29, 0.717) is 12.1 Å². The van der Waals surface area contributed by atoms with Crippen LogP contribution in [0.25, 0.3) is 10.8 Å². The number of amides is 4. The zero-order valence-electron chi connectivity index (χ0n) is 23.0. The van der Waals surface area contributed by atoms with E-state index >= 15 is 0 Å². The molecule has 4 amide bonds. The second kappa shape index (κ2) is 13.6. The molecular weight excluding hydrogens is 492 g/mol. The minimum Gasteiger partial charge on any atom is -0.351 e. The van der Waals surface area contributed by atoms with Crippen molar-refractivity contribution in [2.24, 2.45) is 0 Å². The smallest absolute Gasteiger partial charge is 0.243 e. The van der Waals surface area contributed by atoms with Gasteiger partial charge in [-0.3, -0.25) is 19.2 Å². The Morgan fingerprint density at radius 3 is 2.13 bits per heavy atom. The molecule has 0 fully saturated rings. The standard InChI is InChI=1S/C31H38N4O4/c1-21(19-28(37)33-25-16-10-14-23-13-8-9-15-24(23)25)32-30(39)26(20-29(38)35-31(2,3)4)34-27(36)18-17-22-11-6-5-7-12-22/h5-16,21,26H,17-20H2,1-4H3,(H,32,39)(H,33,37)(H,34,36)(H,35,38)/t21-,26?/m0/s1. The van der Waals surface area contributed by atoms with Gasteiger partial charge >= 0.3 is 0 Å². The second-order valence-corrected chi connectivity index (χ2v) is 10.8. The first-order valence-electron chi connectivity index (χ1n) is 13.2. The van der Waals surface area contributed by atoms with Crippen molar-refractivity contribution >= 4 is 40.1 Å². The minimum atomic E-state index is -1.07. The van der Waals surface area contributed by atoms with Crippen LogP contribution in [0.2, 0.25) is 0 Å². The number of carbonyl (C=O) groups is 4. The maximum Gasteiger partial charge on any atom is 0.243 e. The predicted molar refractivity (Wildman–Crippen MR) is 154 cm³/mol. The number of benzene rings is 3. The predicted octanol–water partition coefficient (Wildman–Crippen LogP) is 4.10. The number of hydrogen-bond acceptors (Lipinski definition) is 4. The van der Waals surface area contributed by atoms with Crippen LogP contribution in [0.1, 0.15) is 52.5 Å². The molecule has 0 spiro atoms. The van der Waals surface area contributed by atoms with Crippen molar-refractivity contribution in [1.29, 1.82) is 0 Å². The molecule has 0 saturated carbocycles. The van der Waals surface area contributed by atoms with Crippen molar-refractivity contribution in [3.05, 3.63) is 78.4 Å². The Kier molecular flexibility index (Phi) is 10.2. The van der Waals surface area contributed by atoms with Crippen LogP contribution in [0.5, 0.6) is 0 Å². The zero-order chi connectivity index (χ0) is 28.4. The topological polar surface area (TPSA) is 116 Å². The Balaban J connectivity index is 1.60. The molecule has 2 atom stereocenters. The van der Waals surface area contributed by atoms with Crippen molar-refractivity contribution in [1.82, 2.24) is 16.0 Å². The Morgan fingerprint density at radius 2 is 1.41 bits per heavy atom. The minimum absolute atomic E-state index is 0.0256. The number of carbonyl (C=O) groups excluding carboxylic acids is 4. The number of fused-ring (bicyclic) bond motifs is 1. The summed E-state index contributed by atoms with van der Waals surface area (Å²) in [5, 5.41) is 13.2. The monoisotopic (exact) mass is 530 g/mol. The lowest BCUT2D eigenvalue weighted by Crippen LogP contribution is -2.52. The molecule has 3 rings (SSSR count). The van der Waals surface area contributed by atoms with Gasteiger partial charge in [-0.15, -0.1) is 0 Å². The second-order valence-electron chi connectivity index (χ2n) is 10.8. The van der Waals surface area contributed by atoms with Crippen molar-refractivity contribution in [2.75, 3.05) is 5.32 Å². The average molecular weight is 531 g/mol. The fourth-order valence-electron chi connectivity index (χ4n) is 4.24. The van der Waals surface area contributed by atoms with E-state index in [-0.39, 0.29) is 37.0 Å². The summed E-state index contributed by atoms with van der Waals surface area (Å²) < 4.78 is 0. The molecule has 0 aliphatic carbocycles. The van der Waals surface area contributed by atoms with E-state index in [1.54, 1.807) is 6.92 Å². The summed E-state index contributed by atoms with van der Waals surface area (Å²) in [4.78, 5) is 51.2. The zero-order valence-corrected chi connectivity index (χ0v) is 23.0. The van der Waals surface area contributed by atoms with Crippen LogP contribution in [0.3, 0.4) is 0 Å².